The van der Waals surface area contributed by atoms with Crippen LogP contribution in [0.4, 0.5) is 0 Å². The van der Waals surface area contributed by atoms with Crippen molar-refractivity contribution in [2.24, 2.45) is 17.4 Å². The van der Waals surface area contributed by atoms with Gasteiger partial charge in [0.25, 0.3) is 0 Å². The van der Waals surface area contributed by atoms with Gasteiger partial charge < -0.3 is 47.2 Å². The normalized spacial score (nSPS) is 12.4. The zero-order valence-electron chi connectivity index (χ0n) is 23.4. The molecule has 0 rings (SSSR count). The van der Waals surface area contributed by atoms with Crippen molar-refractivity contribution in [3.63, 3.8) is 0 Å². The van der Waals surface area contributed by atoms with E-state index < -0.39 is 86.2 Å². The molecule has 238 valence electrons. The summed E-state index contributed by atoms with van der Waals surface area (Å²) in [6, 6.07) is 0. The highest BCUT2D eigenvalue weighted by Gasteiger charge is 2.45. The predicted octanol–water partition coefficient (Wildman–Crippen LogP) is -4.24. The van der Waals surface area contributed by atoms with Crippen LogP contribution in [0, 0.1) is 5.92 Å². The monoisotopic (exact) mass is 595 g/mol. The van der Waals surface area contributed by atoms with Crippen LogP contribution in [0.3, 0.4) is 0 Å². The first-order chi connectivity index (χ1) is 19.2. The lowest BCUT2D eigenvalue weighted by atomic mass is 9.87. The van der Waals surface area contributed by atoms with Crippen LogP contribution >= 0.6 is 0 Å². The first-order valence-corrected chi connectivity index (χ1v) is 13.2. The molecule has 2 amide bonds. The van der Waals surface area contributed by atoms with Crippen LogP contribution in [0.25, 0.3) is 0 Å². The minimum absolute atomic E-state index is 0.00920. The summed E-state index contributed by atoms with van der Waals surface area (Å²) >= 11 is 0. The van der Waals surface area contributed by atoms with Crippen LogP contribution in [0.15, 0.2) is 0 Å². The van der Waals surface area contributed by atoms with E-state index in [1.807, 2.05) is 0 Å². The zero-order valence-corrected chi connectivity index (χ0v) is 23.4. The minimum atomic E-state index is -2.01. The number of amides is 2. The molecule has 0 heterocycles. The molecule has 0 atom stereocenters. The van der Waals surface area contributed by atoms with E-state index in [4.69, 9.17) is 11.5 Å². The van der Waals surface area contributed by atoms with Gasteiger partial charge in [-0.3, -0.25) is 38.7 Å². The number of aliphatic hydroxyl groups is 4. The van der Waals surface area contributed by atoms with Gasteiger partial charge in [0.15, 0.2) is 5.92 Å². The van der Waals surface area contributed by atoms with Crippen LogP contribution < -0.4 is 11.5 Å². The summed E-state index contributed by atoms with van der Waals surface area (Å²) in [5.74, 6) is -8.49. The van der Waals surface area contributed by atoms with Crippen molar-refractivity contribution >= 4 is 29.7 Å². The Morgan fingerprint density at radius 2 is 1.02 bits per heavy atom. The Labute approximate surface area is 237 Å². The maximum atomic E-state index is 12.6. The van der Waals surface area contributed by atoms with Crippen molar-refractivity contribution < 1.29 is 59.7 Å². The van der Waals surface area contributed by atoms with E-state index >= 15 is 0 Å². The van der Waals surface area contributed by atoms with Crippen molar-refractivity contribution in [2.75, 3.05) is 72.2 Å². The van der Waals surface area contributed by atoms with E-state index in [1.165, 1.54) is 4.90 Å². The maximum Gasteiger partial charge on any atom is 0.319 e. The zero-order chi connectivity index (χ0) is 31.8. The molecule has 17 nitrogen and oxygen atoms in total. The van der Waals surface area contributed by atoms with E-state index in [2.05, 4.69) is 0 Å². The Balaban J connectivity index is 6.34. The number of aliphatic hydroxyl groups excluding tert-OH is 4. The lowest BCUT2D eigenvalue weighted by Crippen LogP contribution is -2.62. The molecule has 11 N–H and O–H groups in total. The third-order valence-corrected chi connectivity index (χ3v) is 7.34. The van der Waals surface area contributed by atoms with Crippen LogP contribution in [-0.4, -0.2) is 163 Å². The van der Waals surface area contributed by atoms with E-state index in [0.29, 0.717) is 0 Å². The van der Waals surface area contributed by atoms with Gasteiger partial charge in [-0.1, -0.05) is 6.92 Å². The number of primary amides is 2. The summed E-state index contributed by atoms with van der Waals surface area (Å²) in [6.07, 6.45) is -0.890. The topological polar surface area (TPSA) is 289 Å². The quantitative estimate of drug-likeness (QED) is 0.0452. The average Bonchev–Trinajstić information content (AvgIpc) is 2.87. The molecule has 0 aliphatic rings. The standard InChI is InChI=1S/C24H45N5O12/c1-2-28(23(3-11-30,4-12-31)21(25)40)9-7-27(16-18(34)35)8-10-29(15-17(19(36)37)20(38)39)24(5-13-32,6-14-33)22(26)41/h17,30-33H,2-16H2,1H3,(H2,25,40)(H2,26,41)(H,34,35)(H,36,37)(H,38,39). The highest BCUT2D eigenvalue weighted by atomic mass is 16.4. The molecule has 0 saturated heterocycles. The fourth-order valence-corrected chi connectivity index (χ4v) is 5.05. The fourth-order valence-electron chi connectivity index (χ4n) is 5.05. The smallest absolute Gasteiger partial charge is 0.319 e. The molecular weight excluding hydrogens is 550 g/mol. The first-order valence-electron chi connectivity index (χ1n) is 13.2. The lowest BCUT2D eigenvalue weighted by Gasteiger charge is -2.43. The SMILES string of the molecule is CCN(CCN(CCN(CC(C(=O)O)C(=O)O)C(CCO)(CCO)C(N)=O)CC(=O)O)C(CCO)(CCO)C(N)=O. The Bertz CT molecular complexity index is 848. The second-order valence-electron chi connectivity index (χ2n) is 9.61. The number of nitrogens with zero attached hydrogens (tertiary/aromatic N) is 3. The summed E-state index contributed by atoms with van der Waals surface area (Å²) in [4.78, 5) is 64.1. The molecule has 0 spiro atoms. The molecule has 0 aromatic heterocycles. The van der Waals surface area contributed by atoms with Crippen molar-refractivity contribution in [2.45, 2.75) is 43.7 Å². The number of carbonyl (C=O) groups is 5. The average molecular weight is 596 g/mol. The number of hydrogen-bond donors (Lipinski definition) is 9. The third-order valence-electron chi connectivity index (χ3n) is 7.34. The third kappa shape index (κ3) is 10.8. The summed E-state index contributed by atoms with van der Waals surface area (Å²) in [7, 11) is 0. The van der Waals surface area contributed by atoms with Crippen molar-refractivity contribution in [1.29, 1.82) is 0 Å². The van der Waals surface area contributed by atoms with Gasteiger partial charge in [-0.15, -0.1) is 0 Å². The number of nitrogens with two attached hydrogens (primary N) is 2. The maximum absolute atomic E-state index is 12.6. The summed E-state index contributed by atoms with van der Waals surface area (Å²) in [6.45, 7) is -1.78. The van der Waals surface area contributed by atoms with Gasteiger partial charge in [-0.2, -0.15) is 0 Å². The van der Waals surface area contributed by atoms with Gasteiger partial charge in [0.05, 0.1) is 6.54 Å². The van der Waals surface area contributed by atoms with Gasteiger partial charge in [0.1, 0.15) is 11.1 Å². The second-order valence-corrected chi connectivity index (χ2v) is 9.61. The number of carboxylic acid groups (broad SMARTS) is 3. The van der Waals surface area contributed by atoms with E-state index in [-0.39, 0.29) is 58.4 Å². The Hall–Kier alpha value is -2.93. The molecule has 0 bridgehead atoms. The summed E-state index contributed by atoms with van der Waals surface area (Å²) in [5.41, 5.74) is 7.98. The number of rotatable bonds is 25. The number of likely N-dealkylation sites (N-methyl/N-ethyl adjacent to an activating group) is 1. The number of aliphatic carboxylic acids is 3. The van der Waals surface area contributed by atoms with Gasteiger partial charge in [0.2, 0.25) is 11.8 Å². The summed E-state index contributed by atoms with van der Waals surface area (Å²) in [5, 5.41) is 66.8. The molecule has 0 radical (unpaired) electrons. The van der Waals surface area contributed by atoms with Crippen LogP contribution in [0.5, 0.6) is 0 Å². The van der Waals surface area contributed by atoms with Crippen LogP contribution in [0.2, 0.25) is 0 Å². The van der Waals surface area contributed by atoms with Crippen LogP contribution in [0.1, 0.15) is 32.6 Å². The van der Waals surface area contributed by atoms with E-state index in [0.717, 1.165) is 4.90 Å². The summed E-state index contributed by atoms with van der Waals surface area (Å²) < 4.78 is 0. The molecule has 0 aromatic rings. The molecule has 0 aliphatic heterocycles. The Morgan fingerprint density at radius 3 is 1.32 bits per heavy atom. The van der Waals surface area contributed by atoms with Crippen molar-refractivity contribution in [3.05, 3.63) is 0 Å². The second kappa shape index (κ2) is 18.5. The fraction of sp³-hybridized carbons (Fsp3) is 0.792. The Kier molecular flexibility index (Phi) is 17.2. The number of carboxylic acids is 3. The molecule has 17 heteroatoms. The molecule has 0 unspecified atom stereocenters. The molecule has 0 fully saturated rings. The van der Waals surface area contributed by atoms with Gasteiger partial charge in [-0.05, 0) is 32.2 Å². The molecule has 0 aliphatic carbocycles. The largest absolute Gasteiger partial charge is 0.481 e. The van der Waals surface area contributed by atoms with Gasteiger partial charge in [0, 0.05) is 59.2 Å². The predicted molar refractivity (Wildman–Crippen MR) is 142 cm³/mol. The van der Waals surface area contributed by atoms with E-state index in [1.54, 1.807) is 11.8 Å². The lowest BCUT2D eigenvalue weighted by molar-refractivity contribution is -0.158. The Morgan fingerprint density at radius 1 is 0.659 bits per heavy atom. The van der Waals surface area contributed by atoms with Crippen LogP contribution in [-0.2, 0) is 24.0 Å². The van der Waals surface area contributed by atoms with Gasteiger partial charge in [-0.25, -0.2) is 0 Å². The minimum Gasteiger partial charge on any atom is -0.481 e. The van der Waals surface area contributed by atoms with Gasteiger partial charge >= 0.3 is 17.9 Å². The molecular formula is C24H45N5O12. The number of hydrogen-bond acceptors (Lipinski definition) is 12. The first kappa shape index (κ1) is 38.1. The van der Waals surface area contributed by atoms with E-state index in [9.17, 15) is 59.7 Å². The van der Waals surface area contributed by atoms with Crippen molar-refractivity contribution in [1.82, 2.24) is 14.7 Å². The molecule has 41 heavy (non-hydrogen) atoms. The highest BCUT2D eigenvalue weighted by molar-refractivity contribution is 5.93. The molecule has 0 saturated carbocycles. The van der Waals surface area contributed by atoms with Crippen molar-refractivity contribution in [3.8, 4) is 0 Å². The highest BCUT2D eigenvalue weighted by Crippen LogP contribution is 2.26. The molecule has 0 aromatic carbocycles. The number of carbonyl (C=O) groups excluding carboxylic acids is 2.